The van der Waals surface area contributed by atoms with E-state index in [0.717, 1.165) is 27.9 Å². The number of nitrogens with zero attached hydrogens (tertiary/aromatic N) is 2. The fourth-order valence-corrected chi connectivity index (χ4v) is 3.61. The molecule has 29 heavy (non-hydrogen) atoms. The van der Waals surface area contributed by atoms with Gasteiger partial charge in [0.05, 0.1) is 17.1 Å². The number of benzene rings is 2. The Morgan fingerprint density at radius 1 is 1.00 bits per heavy atom. The van der Waals surface area contributed by atoms with E-state index in [1.165, 1.54) is 11.1 Å². The first-order valence-electron chi connectivity index (χ1n) is 9.47. The van der Waals surface area contributed by atoms with E-state index in [-0.39, 0.29) is 38.4 Å². The molecule has 147 valence electrons. The smallest absolute Gasteiger partial charge is 0.269 e. The van der Waals surface area contributed by atoms with Crippen LogP contribution >= 0.6 is 0 Å². The van der Waals surface area contributed by atoms with Gasteiger partial charge in [-0.2, -0.15) is 0 Å². The number of primary amides is 1. The molecule has 4 nitrogen and oxygen atoms in total. The Bertz CT molecular complexity index is 1030. The third kappa shape index (κ3) is 4.81. The average molecular weight is 461 g/mol. The van der Waals surface area contributed by atoms with E-state index in [9.17, 15) is 4.79 Å². The van der Waals surface area contributed by atoms with Crippen molar-refractivity contribution in [1.82, 2.24) is 9.97 Å². The minimum atomic E-state index is -0.559. The summed E-state index contributed by atoms with van der Waals surface area (Å²) in [6, 6.07) is 14.0. The third-order valence-electron chi connectivity index (χ3n) is 5.06. The Morgan fingerprint density at radius 2 is 1.62 bits per heavy atom. The first-order chi connectivity index (χ1) is 13.2. The van der Waals surface area contributed by atoms with Gasteiger partial charge in [0.2, 0.25) is 0 Å². The van der Waals surface area contributed by atoms with Crippen molar-refractivity contribution in [1.29, 1.82) is 0 Å². The number of carbonyl (C=O) groups is 1. The van der Waals surface area contributed by atoms with Crippen LogP contribution in [-0.2, 0) is 32.7 Å². The Labute approximate surface area is 198 Å². The van der Waals surface area contributed by atoms with Crippen LogP contribution in [-0.4, -0.2) is 15.9 Å². The zero-order valence-electron chi connectivity index (χ0n) is 17.9. The Hall–Kier alpha value is -1.91. The molecule has 1 radical (unpaired) electrons. The summed E-state index contributed by atoms with van der Waals surface area (Å²) >= 11 is 0. The zero-order chi connectivity index (χ0) is 20.6. The summed E-state index contributed by atoms with van der Waals surface area (Å²) in [5.74, 6) is -0.0754. The number of aryl methyl sites for hydroxylation is 4. The fraction of sp³-hybridized carbons (Fsp3) is 0.292. The monoisotopic (exact) mass is 461 g/mol. The molecule has 0 bridgehead atoms. The van der Waals surface area contributed by atoms with Crippen molar-refractivity contribution in [2.45, 2.75) is 47.5 Å². The van der Waals surface area contributed by atoms with Crippen LogP contribution in [0.15, 0.2) is 30.3 Å². The van der Waals surface area contributed by atoms with Gasteiger partial charge >= 0.3 is 0 Å². The van der Waals surface area contributed by atoms with Crippen LogP contribution in [0, 0.1) is 33.8 Å². The van der Waals surface area contributed by atoms with Gasteiger partial charge in [-0.25, -0.2) is 4.98 Å². The molecule has 0 fully saturated rings. The Morgan fingerprint density at radius 3 is 2.10 bits per heavy atom. The summed E-state index contributed by atoms with van der Waals surface area (Å²) in [5, 5.41) is 0. The minimum absolute atomic E-state index is 0. The second kappa shape index (κ2) is 9.27. The quantitative estimate of drug-likeness (QED) is 0.552. The van der Waals surface area contributed by atoms with Crippen LogP contribution in [0.2, 0.25) is 0 Å². The van der Waals surface area contributed by atoms with Crippen LogP contribution in [0.1, 0.15) is 58.3 Å². The van der Waals surface area contributed by atoms with E-state index in [2.05, 4.69) is 74.1 Å². The zero-order valence-corrected chi connectivity index (χ0v) is 20.8. The van der Waals surface area contributed by atoms with Gasteiger partial charge in [-0.05, 0) is 27.7 Å². The number of amides is 1. The molecule has 1 amide bonds. The molecule has 0 spiro atoms. The molecule has 0 aliphatic carbocycles. The maximum absolute atomic E-state index is 11.7. The van der Waals surface area contributed by atoms with Crippen molar-refractivity contribution in [2.75, 3.05) is 0 Å². The molecule has 0 atom stereocenters. The molecule has 0 unspecified atom stereocenters. The second-order valence-corrected chi connectivity index (χ2v) is 7.63. The molecule has 5 heteroatoms. The third-order valence-corrected chi connectivity index (χ3v) is 5.06. The molecule has 3 aromatic rings. The van der Waals surface area contributed by atoms with Gasteiger partial charge in [-0.15, -0.1) is 35.4 Å². The van der Waals surface area contributed by atoms with Crippen LogP contribution in [0.5, 0.6) is 0 Å². The number of rotatable bonds is 4. The predicted molar refractivity (Wildman–Crippen MR) is 113 cm³/mol. The SMILES string of the molecule is Cc1cc(-c2nc(C(N)=O)c(C)nc2C)cc(C)c1-c1[c-]cc(C(C)C)cc1.[Y]. The van der Waals surface area contributed by atoms with Crippen molar-refractivity contribution in [2.24, 2.45) is 5.73 Å². The first-order valence-corrected chi connectivity index (χ1v) is 9.47. The molecule has 0 saturated carbocycles. The van der Waals surface area contributed by atoms with Crippen molar-refractivity contribution in [3.8, 4) is 22.4 Å². The number of hydrogen-bond donors (Lipinski definition) is 1. The summed E-state index contributed by atoms with van der Waals surface area (Å²) in [5.41, 5.74) is 14.4. The number of nitrogens with two attached hydrogens (primary N) is 1. The van der Waals surface area contributed by atoms with E-state index in [1.54, 1.807) is 6.92 Å². The average Bonchev–Trinajstić information content (AvgIpc) is 2.61. The molecule has 2 N–H and O–H groups in total. The van der Waals surface area contributed by atoms with Gasteiger partial charge in [-0.1, -0.05) is 48.6 Å². The second-order valence-electron chi connectivity index (χ2n) is 7.63. The predicted octanol–water partition coefficient (Wildman–Crippen LogP) is 5.06. The standard InChI is InChI=1S/C24H26N3O.Y/c1-13(2)18-7-9-19(10-8-18)21-14(3)11-20(12-15(21)4)22-16(5)26-17(6)23(27-22)24(25)28;/h7-9,11-13H,1-6H3,(H2,25,28);/q-1;. The number of carbonyl (C=O) groups excluding carboxylic acids is 1. The van der Waals surface area contributed by atoms with Gasteiger partial charge in [0, 0.05) is 38.3 Å². The molecule has 0 saturated heterocycles. The van der Waals surface area contributed by atoms with Gasteiger partial charge < -0.3 is 5.73 Å². The topological polar surface area (TPSA) is 68.9 Å². The van der Waals surface area contributed by atoms with Crippen LogP contribution < -0.4 is 5.73 Å². The Kier molecular flexibility index (Phi) is 7.47. The maximum Gasteiger partial charge on any atom is 0.269 e. The van der Waals surface area contributed by atoms with Crippen molar-refractivity contribution in [3.05, 3.63) is 70.2 Å². The van der Waals surface area contributed by atoms with E-state index >= 15 is 0 Å². The molecule has 0 aliphatic rings. The molecule has 3 rings (SSSR count). The molecule has 1 aromatic heterocycles. The van der Waals surface area contributed by atoms with Gasteiger partial charge in [0.25, 0.3) is 5.91 Å². The summed E-state index contributed by atoms with van der Waals surface area (Å²) in [7, 11) is 0. The van der Waals surface area contributed by atoms with Crippen LogP contribution in [0.25, 0.3) is 22.4 Å². The first kappa shape index (κ1) is 23.4. The fourth-order valence-electron chi connectivity index (χ4n) is 3.61. The molecule has 1 heterocycles. The molecular weight excluding hydrogens is 435 g/mol. The van der Waals surface area contributed by atoms with E-state index < -0.39 is 5.91 Å². The molecule has 0 aliphatic heterocycles. The Balaban J connectivity index is 0.00000300. The van der Waals surface area contributed by atoms with Crippen LogP contribution in [0.3, 0.4) is 0 Å². The van der Waals surface area contributed by atoms with Gasteiger partial charge in [0.1, 0.15) is 5.69 Å². The van der Waals surface area contributed by atoms with Gasteiger partial charge in [-0.3, -0.25) is 9.78 Å². The van der Waals surface area contributed by atoms with Crippen molar-refractivity contribution >= 4 is 5.91 Å². The largest absolute Gasteiger partial charge is 0.364 e. The molecular formula is C24H26N3OY-. The minimum Gasteiger partial charge on any atom is -0.364 e. The maximum atomic E-state index is 11.7. The number of aromatic nitrogens is 2. The normalized spacial score (nSPS) is 10.7. The summed E-state index contributed by atoms with van der Waals surface area (Å²) in [4.78, 5) is 20.7. The van der Waals surface area contributed by atoms with Gasteiger partial charge in [0.15, 0.2) is 0 Å². The summed E-state index contributed by atoms with van der Waals surface area (Å²) in [6.07, 6.45) is 0. The summed E-state index contributed by atoms with van der Waals surface area (Å²) < 4.78 is 0. The van der Waals surface area contributed by atoms with E-state index in [4.69, 9.17) is 5.73 Å². The molecule has 2 aromatic carbocycles. The summed E-state index contributed by atoms with van der Waals surface area (Å²) in [6.45, 7) is 12.2. The van der Waals surface area contributed by atoms with E-state index in [0.29, 0.717) is 17.3 Å². The van der Waals surface area contributed by atoms with E-state index in [1.807, 2.05) is 6.92 Å². The van der Waals surface area contributed by atoms with Crippen LogP contribution in [0.4, 0.5) is 0 Å². The number of hydrogen-bond acceptors (Lipinski definition) is 3. The van der Waals surface area contributed by atoms with Crippen molar-refractivity contribution in [3.63, 3.8) is 0 Å². The van der Waals surface area contributed by atoms with Crippen molar-refractivity contribution < 1.29 is 37.5 Å².